The van der Waals surface area contributed by atoms with Crippen LogP contribution in [0.2, 0.25) is 0 Å². The number of aliphatic hydroxyl groups excluding tert-OH is 1. The Morgan fingerprint density at radius 1 is 1.12 bits per heavy atom. The second-order valence-corrected chi connectivity index (χ2v) is 7.47. The van der Waals surface area contributed by atoms with Gasteiger partial charge in [0.25, 0.3) is 0 Å². The average molecular weight is 224 g/mol. The van der Waals surface area contributed by atoms with E-state index in [2.05, 4.69) is 34.6 Å². The predicted molar refractivity (Wildman–Crippen MR) is 68.1 cm³/mol. The summed E-state index contributed by atoms with van der Waals surface area (Å²) in [5.74, 6) is 3.38. The summed E-state index contributed by atoms with van der Waals surface area (Å²) < 4.78 is 0. The summed E-state index contributed by atoms with van der Waals surface area (Å²) >= 11 is 0. The van der Waals surface area contributed by atoms with E-state index in [4.69, 9.17) is 0 Å². The maximum absolute atomic E-state index is 9.34. The molecule has 2 saturated carbocycles. The molecule has 0 aromatic heterocycles. The zero-order chi connectivity index (χ0) is 12.1. The zero-order valence-corrected chi connectivity index (χ0v) is 11.6. The molecule has 2 fully saturated rings. The number of rotatable bonds is 3. The highest BCUT2D eigenvalue weighted by atomic mass is 16.3. The molecule has 94 valence electrons. The van der Waals surface area contributed by atoms with Gasteiger partial charge in [0.05, 0.1) is 0 Å². The van der Waals surface area contributed by atoms with Crippen LogP contribution in [-0.4, -0.2) is 11.7 Å². The molecule has 5 atom stereocenters. The first-order chi connectivity index (χ1) is 7.31. The maximum Gasteiger partial charge on any atom is 0.0487 e. The molecule has 0 spiro atoms. The van der Waals surface area contributed by atoms with E-state index in [9.17, 15) is 5.11 Å². The summed E-state index contributed by atoms with van der Waals surface area (Å²) in [6.45, 7) is 12.4. The van der Waals surface area contributed by atoms with Crippen LogP contribution in [0, 0.1) is 34.5 Å². The molecule has 1 N–H and O–H groups in total. The Hall–Kier alpha value is -0.0400. The summed E-state index contributed by atoms with van der Waals surface area (Å²) in [5, 5.41) is 9.34. The third-order valence-electron chi connectivity index (χ3n) is 6.20. The first kappa shape index (κ1) is 12.4. The highest BCUT2D eigenvalue weighted by molar-refractivity contribution is 5.03. The van der Waals surface area contributed by atoms with E-state index < -0.39 is 0 Å². The van der Waals surface area contributed by atoms with Crippen LogP contribution in [-0.2, 0) is 0 Å². The van der Waals surface area contributed by atoms with Gasteiger partial charge in [-0.3, -0.25) is 0 Å². The number of aliphatic hydroxyl groups is 1. The van der Waals surface area contributed by atoms with Gasteiger partial charge in [-0.2, -0.15) is 0 Å². The minimum absolute atomic E-state index is 0.269. The fourth-order valence-corrected chi connectivity index (χ4v) is 3.87. The normalized spacial score (nSPS) is 50.6. The van der Waals surface area contributed by atoms with Gasteiger partial charge in [0.1, 0.15) is 0 Å². The number of hydrogen-bond donors (Lipinski definition) is 1. The third-order valence-corrected chi connectivity index (χ3v) is 6.20. The van der Waals surface area contributed by atoms with Crippen molar-refractivity contribution in [3.05, 3.63) is 0 Å². The highest BCUT2D eigenvalue weighted by Gasteiger charge is 2.53. The summed E-state index contributed by atoms with van der Waals surface area (Å²) in [5.41, 5.74) is 0.767. The minimum Gasteiger partial charge on any atom is -0.396 e. The van der Waals surface area contributed by atoms with E-state index in [0.717, 1.165) is 23.7 Å². The molecule has 0 saturated heterocycles. The van der Waals surface area contributed by atoms with Crippen LogP contribution in [0.1, 0.15) is 53.9 Å². The molecule has 1 nitrogen and oxygen atoms in total. The summed E-state index contributed by atoms with van der Waals surface area (Å²) in [4.78, 5) is 0. The van der Waals surface area contributed by atoms with Crippen LogP contribution in [0.4, 0.5) is 0 Å². The molecule has 2 aliphatic carbocycles. The van der Waals surface area contributed by atoms with Gasteiger partial charge >= 0.3 is 0 Å². The monoisotopic (exact) mass is 224 g/mol. The van der Waals surface area contributed by atoms with Crippen molar-refractivity contribution in [3.63, 3.8) is 0 Å². The molecule has 0 bridgehead atoms. The van der Waals surface area contributed by atoms with Crippen LogP contribution in [0.3, 0.4) is 0 Å². The Labute approximate surface area is 101 Å². The van der Waals surface area contributed by atoms with Crippen molar-refractivity contribution in [1.82, 2.24) is 0 Å². The van der Waals surface area contributed by atoms with Crippen LogP contribution in [0.15, 0.2) is 0 Å². The van der Waals surface area contributed by atoms with Crippen molar-refractivity contribution in [3.8, 4) is 0 Å². The molecule has 0 aromatic rings. The third kappa shape index (κ3) is 1.81. The van der Waals surface area contributed by atoms with Gasteiger partial charge in [-0.25, -0.2) is 0 Å². The molecular formula is C15H28O. The zero-order valence-electron chi connectivity index (χ0n) is 11.6. The highest BCUT2D eigenvalue weighted by Crippen LogP contribution is 2.60. The molecule has 0 radical (unpaired) electrons. The maximum atomic E-state index is 9.34. The second kappa shape index (κ2) is 3.73. The molecular weight excluding hydrogens is 196 g/mol. The van der Waals surface area contributed by atoms with Crippen molar-refractivity contribution >= 4 is 0 Å². The Kier molecular flexibility index (Phi) is 2.89. The van der Waals surface area contributed by atoms with E-state index in [-0.39, 0.29) is 5.41 Å². The van der Waals surface area contributed by atoms with E-state index in [0.29, 0.717) is 12.0 Å². The fraction of sp³-hybridized carbons (Fsp3) is 1.00. The quantitative estimate of drug-likeness (QED) is 0.774. The fourth-order valence-electron chi connectivity index (χ4n) is 3.87. The van der Waals surface area contributed by atoms with E-state index in [1.165, 1.54) is 19.3 Å². The van der Waals surface area contributed by atoms with Gasteiger partial charge in [0, 0.05) is 6.61 Å². The lowest BCUT2D eigenvalue weighted by atomic mass is 9.73. The summed E-state index contributed by atoms with van der Waals surface area (Å²) in [6, 6.07) is 0. The lowest BCUT2D eigenvalue weighted by Crippen LogP contribution is -2.25. The van der Waals surface area contributed by atoms with Crippen molar-refractivity contribution in [2.75, 3.05) is 6.61 Å². The van der Waals surface area contributed by atoms with Crippen molar-refractivity contribution in [1.29, 1.82) is 0 Å². The molecule has 16 heavy (non-hydrogen) atoms. The van der Waals surface area contributed by atoms with Crippen LogP contribution in [0.25, 0.3) is 0 Å². The Morgan fingerprint density at radius 3 is 2.12 bits per heavy atom. The van der Waals surface area contributed by atoms with Gasteiger partial charge < -0.3 is 5.11 Å². The topological polar surface area (TPSA) is 20.2 Å². The molecule has 2 rings (SSSR count). The van der Waals surface area contributed by atoms with Crippen LogP contribution < -0.4 is 0 Å². The summed E-state index contributed by atoms with van der Waals surface area (Å²) in [7, 11) is 0. The van der Waals surface area contributed by atoms with Gasteiger partial charge in [-0.05, 0) is 53.8 Å². The Morgan fingerprint density at radius 2 is 1.75 bits per heavy atom. The molecule has 1 heteroatoms. The molecule has 2 aliphatic rings. The van der Waals surface area contributed by atoms with E-state index in [1.807, 2.05) is 0 Å². The second-order valence-electron chi connectivity index (χ2n) is 7.47. The Balaban J connectivity index is 1.97. The number of hydrogen-bond acceptors (Lipinski definition) is 1. The van der Waals surface area contributed by atoms with Crippen LogP contribution >= 0.6 is 0 Å². The largest absolute Gasteiger partial charge is 0.396 e. The van der Waals surface area contributed by atoms with Crippen molar-refractivity contribution < 1.29 is 5.11 Å². The first-order valence-corrected chi connectivity index (χ1v) is 6.92. The van der Waals surface area contributed by atoms with Gasteiger partial charge in [0.2, 0.25) is 0 Å². The van der Waals surface area contributed by atoms with Gasteiger partial charge in [-0.1, -0.05) is 34.6 Å². The molecule has 0 aromatic carbocycles. The van der Waals surface area contributed by atoms with Crippen LogP contribution in [0.5, 0.6) is 0 Å². The van der Waals surface area contributed by atoms with Gasteiger partial charge in [0.15, 0.2) is 0 Å². The SMILES string of the molecule is C[C@@H]1C[C@H](C[C@@H]2C[C@@]2(C)CO)C(C)(C)[C@@H]1C. The molecule has 0 heterocycles. The predicted octanol–water partition coefficient (Wildman–Crippen LogP) is 3.71. The average Bonchev–Trinajstić information content (AvgIpc) is 2.82. The van der Waals surface area contributed by atoms with Crippen molar-refractivity contribution in [2.24, 2.45) is 34.5 Å². The smallest absolute Gasteiger partial charge is 0.0487 e. The van der Waals surface area contributed by atoms with E-state index in [1.54, 1.807) is 0 Å². The molecule has 0 amide bonds. The Bertz CT molecular complexity index is 271. The van der Waals surface area contributed by atoms with Gasteiger partial charge in [-0.15, -0.1) is 0 Å². The minimum atomic E-state index is 0.269. The standard InChI is InChI=1S/C15H28O/c1-10-6-12(14(3,4)11(10)2)7-13-8-15(13,5)9-16/h10-13,16H,6-9H2,1-5H3/t10-,11-,12-,13-,15+/m1/s1. The van der Waals surface area contributed by atoms with E-state index >= 15 is 0 Å². The summed E-state index contributed by atoms with van der Waals surface area (Å²) in [6.07, 6.45) is 3.99. The van der Waals surface area contributed by atoms with Crippen molar-refractivity contribution in [2.45, 2.75) is 53.9 Å². The first-order valence-electron chi connectivity index (χ1n) is 6.92. The molecule has 0 aliphatic heterocycles. The molecule has 0 unspecified atom stereocenters. The lowest BCUT2D eigenvalue weighted by molar-refractivity contribution is 0.157. The lowest BCUT2D eigenvalue weighted by Gasteiger charge is -2.32.